The van der Waals surface area contributed by atoms with E-state index >= 15 is 0 Å². The van der Waals surface area contributed by atoms with Gasteiger partial charge >= 0.3 is 0 Å². The molecule has 0 unspecified atom stereocenters. The molecule has 0 fully saturated rings. The van der Waals surface area contributed by atoms with Crippen molar-refractivity contribution in [1.29, 1.82) is 0 Å². The number of carbonyl (C=O) groups is 2. The summed E-state index contributed by atoms with van der Waals surface area (Å²) in [5, 5.41) is 13.5. The molecule has 192 valence electrons. The lowest BCUT2D eigenvalue weighted by Crippen LogP contribution is -2.23. The summed E-state index contributed by atoms with van der Waals surface area (Å²) < 4.78 is 6.22. The van der Waals surface area contributed by atoms with Gasteiger partial charge in [0.25, 0.3) is 5.69 Å². The molecule has 0 atom stereocenters. The molecule has 1 heterocycles. The Hall–Kier alpha value is -4.69. The lowest BCUT2D eigenvalue weighted by Gasteiger charge is -2.18. The number of anilines is 1. The van der Waals surface area contributed by atoms with Crippen molar-refractivity contribution in [3.05, 3.63) is 135 Å². The van der Waals surface area contributed by atoms with E-state index in [4.69, 9.17) is 4.74 Å². The van der Waals surface area contributed by atoms with Gasteiger partial charge in [-0.15, -0.1) is 0 Å². The van der Waals surface area contributed by atoms with Crippen molar-refractivity contribution < 1.29 is 19.2 Å². The van der Waals surface area contributed by atoms with Gasteiger partial charge in [0.15, 0.2) is 17.3 Å². The summed E-state index contributed by atoms with van der Waals surface area (Å²) >= 11 is 1.59. The quantitative estimate of drug-likeness (QED) is 0.0854. The smallest absolute Gasteiger partial charge is 0.273 e. The normalized spacial score (nSPS) is 15.0. The van der Waals surface area contributed by atoms with E-state index in [1.807, 2.05) is 35.2 Å². The van der Waals surface area contributed by atoms with Gasteiger partial charge in [-0.05, 0) is 35.1 Å². The van der Waals surface area contributed by atoms with Crippen LogP contribution in [0.2, 0.25) is 0 Å². The van der Waals surface area contributed by atoms with Gasteiger partial charge in [-0.1, -0.05) is 66.7 Å². The molecule has 0 radical (unpaired) electrons. The van der Waals surface area contributed by atoms with Crippen LogP contribution < -0.4 is 9.64 Å². The first kappa shape index (κ1) is 24.6. The number of allylic oxidation sites excluding steroid dienone is 3. The van der Waals surface area contributed by atoms with Crippen LogP contribution in [0.3, 0.4) is 0 Å². The standard InChI is InChI=1S/C31H22N2O5S/c34-30-23-10-4-5-11-24(23)31(35)25(30)13-14-29-32(15-16-39-19-22-9-3-6-12-26(22)33(36)37)27-17-20-7-1-2-8-21(20)18-28(27)38-29/h1-14,17-18H,15-16,19H2. The van der Waals surface area contributed by atoms with E-state index < -0.39 is 0 Å². The zero-order valence-electron chi connectivity index (χ0n) is 20.7. The Labute approximate surface area is 228 Å². The van der Waals surface area contributed by atoms with Crippen molar-refractivity contribution >= 4 is 45.5 Å². The monoisotopic (exact) mass is 534 g/mol. The number of ether oxygens (including phenoxy) is 1. The number of ketones is 2. The third kappa shape index (κ3) is 4.59. The predicted octanol–water partition coefficient (Wildman–Crippen LogP) is 6.73. The number of hydrogen-bond donors (Lipinski definition) is 0. The van der Waals surface area contributed by atoms with Gasteiger partial charge in [0, 0.05) is 40.8 Å². The minimum Gasteiger partial charge on any atom is -0.439 e. The number of nitro benzene ring substituents is 1. The van der Waals surface area contributed by atoms with Crippen LogP contribution in [0.1, 0.15) is 26.3 Å². The lowest BCUT2D eigenvalue weighted by molar-refractivity contribution is -0.385. The Morgan fingerprint density at radius 2 is 1.49 bits per heavy atom. The van der Waals surface area contributed by atoms with Crippen LogP contribution in [-0.2, 0) is 5.75 Å². The van der Waals surface area contributed by atoms with E-state index in [-0.39, 0.29) is 27.8 Å². The Morgan fingerprint density at radius 1 is 0.846 bits per heavy atom. The van der Waals surface area contributed by atoms with E-state index in [1.54, 1.807) is 66.4 Å². The number of nitrogens with zero attached hydrogens (tertiary/aromatic N) is 2. The maximum atomic E-state index is 12.9. The van der Waals surface area contributed by atoms with Crippen molar-refractivity contribution in [2.45, 2.75) is 5.75 Å². The van der Waals surface area contributed by atoms with Crippen LogP contribution in [0.4, 0.5) is 11.4 Å². The highest BCUT2D eigenvalue weighted by Crippen LogP contribution is 2.42. The minimum atomic E-state index is -0.357. The number of fused-ring (bicyclic) bond motifs is 3. The highest BCUT2D eigenvalue weighted by Gasteiger charge is 2.33. The molecule has 1 aliphatic heterocycles. The summed E-state index contributed by atoms with van der Waals surface area (Å²) in [5.41, 5.74) is 2.62. The molecule has 39 heavy (non-hydrogen) atoms. The second kappa shape index (κ2) is 10.2. The molecule has 0 saturated carbocycles. The molecule has 0 aromatic heterocycles. The molecule has 4 aromatic carbocycles. The maximum Gasteiger partial charge on any atom is 0.273 e. The van der Waals surface area contributed by atoms with Crippen LogP contribution in [0, 0.1) is 10.1 Å². The highest BCUT2D eigenvalue weighted by molar-refractivity contribution is 7.98. The topological polar surface area (TPSA) is 89.8 Å². The van der Waals surface area contributed by atoms with Crippen LogP contribution in [-0.4, -0.2) is 28.8 Å². The van der Waals surface area contributed by atoms with Gasteiger partial charge in [0.2, 0.25) is 5.88 Å². The Morgan fingerprint density at radius 3 is 2.21 bits per heavy atom. The SMILES string of the molecule is O=C1C(=CC=C2Oc3cc4ccccc4cc3N2CCSCc2ccccc2[N+](=O)[O-])C(=O)c2ccccc21. The van der Waals surface area contributed by atoms with Crippen molar-refractivity contribution in [1.82, 2.24) is 0 Å². The van der Waals surface area contributed by atoms with E-state index in [9.17, 15) is 19.7 Å². The van der Waals surface area contributed by atoms with E-state index in [0.717, 1.165) is 16.5 Å². The summed E-state index contributed by atoms with van der Waals surface area (Å²) in [5.74, 6) is 1.78. The molecule has 4 aromatic rings. The maximum absolute atomic E-state index is 12.9. The van der Waals surface area contributed by atoms with Crippen LogP contribution in [0.5, 0.6) is 5.75 Å². The zero-order valence-corrected chi connectivity index (χ0v) is 21.5. The fourth-order valence-electron chi connectivity index (χ4n) is 4.87. The number of para-hydroxylation sites is 1. The van der Waals surface area contributed by atoms with E-state index in [2.05, 4.69) is 6.07 Å². The number of carbonyl (C=O) groups excluding carboxylic acids is 2. The number of benzene rings is 4. The Kier molecular flexibility index (Phi) is 6.46. The molecule has 0 saturated heterocycles. The van der Waals surface area contributed by atoms with Gasteiger partial charge < -0.3 is 9.64 Å². The third-order valence-electron chi connectivity index (χ3n) is 6.80. The van der Waals surface area contributed by atoms with Crippen LogP contribution in [0.15, 0.2) is 109 Å². The first-order chi connectivity index (χ1) is 19.0. The molecular formula is C31H22N2O5S. The largest absolute Gasteiger partial charge is 0.439 e. The van der Waals surface area contributed by atoms with Crippen molar-refractivity contribution in [2.75, 3.05) is 17.2 Å². The fourth-order valence-corrected chi connectivity index (χ4v) is 5.79. The fraction of sp³-hybridized carbons (Fsp3) is 0.0968. The van der Waals surface area contributed by atoms with Crippen molar-refractivity contribution in [2.24, 2.45) is 0 Å². The molecule has 0 N–H and O–H groups in total. The second-order valence-corrected chi connectivity index (χ2v) is 10.3. The average molecular weight is 535 g/mol. The van der Waals surface area contributed by atoms with Gasteiger partial charge in [0.05, 0.1) is 16.2 Å². The molecule has 6 rings (SSSR count). The third-order valence-corrected chi connectivity index (χ3v) is 7.79. The first-order valence-corrected chi connectivity index (χ1v) is 13.6. The summed E-state index contributed by atoms with van der Waals surface area (Å²) in [6.07, 6.45) is 3.22. The van der Waals surface area contributed by atoms with Crippen molar-refractivity contribution in [3.63, 3.8) is 0 Å². The highest BCUT2D eigenvalue weighted by atomic mass is 32.2. The molecule has 2 aliphatic rings. The minimum absolute atomic E-state index is 0.110. The van der Waals surface area contributed by atoms with Gasteiger partial charge in [0.1, 0.15) is 0 Å². The molecule has 0 bridgehead atoms. The molecule has 8 heteroatoms. The number of rotatable bonds is 7. The van der Waals surface area contributed by atoms with Crippen molar-refractivity contribution in [3.8, 4) is 5.75 Å². The van der Waals surface area contributed by atoms with E-state index in [0.29, 0.717) is 46.4 Å². The van der Waals surface area contributed by atoms with Crippen LogP contribution >= 0.6 is 11.8 Å². The number of thioether (sulfide) groups is 1. The Balaban J connectivity index is 1.27. The number of Topliss-reactive ketones (excluding diaryl/α,β-unsaturated/α-hetero) is 2. The summed E-state index contributed by atoms with van der Waals surface area (Å²) in [4.78, 5) is 38.8. The Bertz CT molecular complexity index is 1690. The van der Waals surface area contributed by atoms with E-state index in [1.165, 1.54) is 6.07 Å². The van der Waals surface area contributed by atoms with Gasteiger partial charge in [-0.2, -0.15) is 11.8 Å². The average Bonchev–Trinajstić information content (AvgIpc) is 3.41. The molecule has 0 spiro atoms. The number of hydrogen-bond acceptors (Lipinski definition) is 7. The summed E-state index contributed by atoms with van der Waals surface area (Å²) in [6, 6.07) is 25.6. The first-order valence-electron chi connectivity index (χ1n) is 12.4. The number of nitro groups is 1. The van der Waals surface area contributed by atoms with Gasteiger partial charge in [-0.3, -0.25) is 19.7 Å². The molecular weight excluding hydrogens is 512 g/mol. The van der Waals surface area contributed by atoms with Crippen LogP contribution in [0.25, 0.3) is 10.8 Å². The molecule has 0 amide bonds. The second-order valence-electron chi connectivity index (χ2n) is 9.15. The molecule has 7 nitrogen and oxygen atoms in total. The predicted molar refractivity (Wildman–Crippen MR) is 152 cm³/mol. The zero-order chi connectivity index (χ0) is 26.9. The summed E-state index contributed by atoms with van der Waals surface area (Å²) in [6.45, 7) is 0.563. The van der Waals surface area contributed by atoms with Gasteiger partial charge in [-0.25, -0.2) is 0 Å². The summed E-state index contributed by atoms with van der Waals surface area (Å²) in [7, 11) is 0. The molecule has 1 aliphatic carbocycles. The lowest BCUT2D eigenvalue weighted by atomic mass is 10.1.